The summed E-state index contributed by atoms with van der Waals surface area (Å²) in [7, 11) is 1.57. The molecule has 0 saturated carbocycles. The smallest absolute Gasteiger partial charge is 0.287 e. The molecule has 1 aromatic rings. The summed E-state index contributed by atoms with van der Waals surface area (Å²) >= 11 is 0. The van der Waals surface area contributed by atoms with Gasteiger partial charge in [0.15, 0.2) is 0 Å². The van der Waals surface area contributed by atoms with Gasteiger partial charge in [-0.2, -0.15) is 0 Å². The molecule has 17 heavy (non-hydrogen) atoms. The van der Waals surface area contributed by atoms with Gasteiger partial charge in [-0.1, -0.05) is 0 Å². The van der Waals surface area contributed by atoms with Crippen LogP contribution >= 0.6 is 0 Å². The second-order valence-corrected chi connectivity index (χ2v) is 3.84. The molecule has 1 aromatic heterocycles. The van der Waals surface area contributed by atoms with Crippen LogP contribution in [0.15, 0.2) is 12.3 Å². The summed E-state index contributed by atoms with van der Waals surface area (Å²) in [5.74, 6) is -0.387. The summed E-state index contributed by atoms with van der Waals surface area (Å²) in [6.45, 7) is 1.74. The first-order valence-electron chi connectivity index (χ1n) is 5.18. The van der Waals surface area contributed by atoms with Crippen molar-refractivity contribution in [3.8, 4) is 0 Å². The zero-order valence-corrected chi connectivity index (χ0v) is 9.71. The minimum atomic E-state index is -0.548. The lowest BCUT2D eigenvalue weighted by Gasteiger charge is -2.12. The monoisotopic (exact) mass is 241 g/mol. The first-order chi connectivity index (χ1) is 7.95. The second kappa shape index (κ2) is 5.44. The van der Waals surface area contributed by atoms with Gasteiger partial charge in [0.2, 0.25) is 0 Å². The maximum atomic E-state index is 11.8. The Morgan fingerprint density at radius 1 is 1.71 bits per heavy atom. The number of aliphatic hydroxyl groups excluding tert-OH is 1. The van der Waals surface area contributed by atoms with Gasteiger partial charge >= 0.3 is 0 Å². The summed E-state index contributed by atoms with van der Waals surface area (Å²) in [6, 6.07) is 1.04. The van der Waals surface area contributed by atoms with Gasteiger partial charge in [0.1, 0.15) is 5.69 Å². The van der Waals surface area contributed by atoms with E-state index in [1.807, 2.05) is 0 Å². The zero-order chi connectivity index (χ0) is 13.0. The van der Waals surface area contributed by atoms with E-state index in [0.29, 0.717) is 6.42 Å². The molecular weight excluding hydrogens is 226 g/mol. The van der Waals surface area contributed by atoms with Crippen LogP contribution in [0.4, 0.5) is 5.69 Å². The molecule has 1 atom stereocenters. The number of nitro groups is 1. The van der Waals surface area contributed by atoms with Gasteiger partial charge in [-0.3, -0.25) is 14.9 Å². The molecule has 0 aliphatic heterocycles. The molecule has 0 aromatic carbocycles. The molecule has 7 nitrogen and oxygen atoms in total. The van der Waals surface area contributed by atoms with Gasteiger partial charge in [0.25, 0.3) is 11.6 Å². The number of aryl methyl sites for hydroxylation is 1. The number of carbonyl (C=O) groups excluding carboxylic acids is 1. The Balaban J connectivity index is 2.78. The molecule has 1 rings (SSSR count). The molecule has 0 spiro atoms. The predicted molar refractivity (Wildman–Crippen MR) is 60.7 cm³/mol. The maximum Gasteiger partial charge on any atom is 0.287 e. The molecule has 0 radical (unpaired) electrons. The number of hydrogen-bond acceptors (Lipinski definition) is 4. The molecule has 1 heterocycles. The number of hydrogen-bond donors (Lipinski definition) is 2. The lowest BCUT2D eigenvalue weighted by Crippen LogP contribution is -2.34. The number of aliphatic hydroxyl groups is 1. The van der Waals surface area contributed by atoms with Crippen molar-refractivity contribution in [1.82, 2.24) is 9.88 Å². The molecule has 1 unspecified atom stereocenters. The number of rotatable bonds is 5. The standard InChI is InChI=1S/C10H15N3O4/c1-7(3-4-14)11-10(15)9-5-8(13(16)17)6-12(9)2/h5-7,14H,3-4H2,1-2H3,(H,11,15). The fourth-order valence-electron chi connectivity index (χ4n) is 1.44. The van der Waals surface area contributed by atoms with Crippen molar-refractivity contribution in [2.75, 3.05) is 6.61 Å². The van der Waals surface area contributed by atoms with Crippen LogP contribution in [0.5, 0.6) is 0 Å². The van der Waals surface area contributed by atoms with E-state index in [9.17, 15) is 14.9 Å². The fourth-order valence-corrected chi connectivity index (χ4v) is 1.44. The number of nitrogens with one attached hydrogen (secondary N) is 1. The fraction of sp³-hybridized carbons (Fsp3) is 0.500. The Morgan fingerprint density at radius 2 is 2.35 bits per heavy atom. The van der Waals surface area contributed by atoms with Gasteiger partial charge in [-0.15, -0.1) is 0 Å². The van der Waals surface area contributed by atoms with Crippen LogP contribution in [-0.4, -0.2) is 33.2 Å². The van der Waals surface area contributed by atoms with Crippen molar-refractivity contribution in [2.45, 2.75) is 19.4 Å². The summed E-state index contributed by atoms with van der Waals surface area (Å²) in [5, 5.41) is 21.9. The topological polar surface area (TPSA) is 97.4 Å². The van der Waals surface area contributed by atoms with Crippen molar-refractivity contribution in [1.29, 1.82) is 0 Å². The quantitative estimate of drug-likeness (QED) is 0.577. The number of nitrogens with zero attached hydrogens (tertiary/aromatic N) is 2. The van der Waals surface area contributed by atoms with E-state index in [2.05, 4.69) is 5.32 Å². The third-order valence-electron chi connectivity index (χ3n) is 2.37. The van der Waals surface area contributed by atoms with Crippen molar-refractivity contribution in [3.63, 3.8) is 0 Å². The van der Waals surface area contributed by atoms with Crippen molar-refractivity contribution >= 4 is 11.6 Å². The Morgan fingerprint density at radius 3 is 2.82 bits per heavy atom. The van der Waals surface area contributed by atoms with E-state index in [-0.39, 0.29) is 29.9 Å². The average Bonchev–Trinajstić information content (AvgIpc) is 2.60. The highest BCUT2D eigenvalue weighted by Crippen LogP contribution is 2.15. The normalized spacial score (nSPS) is 12.2. The van der Waals surface area contributed by atoms with Crippen LogP contribution in [0.3, 0.4) is 0 Å². The molecule has 0 saturated heterocycles. The Kier molecular flexibility index (Phi) is 4.22. The van der Waals surface area contributed by atoms with E-state index in [4.69, 9.17) is 5.11 Å². The molecule has 94 valence electrons. The average molecular weight is 241 g/mol. The number of carbonyl (C=O) groups is 1. The molecule has 0 bridgehead atoms. The number of aromatic nitrogens is 1. The van der Waals surface area contributed by atoms with Crippen molar-refractivity contribution < 1.29 is 14.8 Å². The molecule has 0 fully saturated rings. The Hall–Kier alpha value is -1.89. The lowest BCUT2D eigenvalue weighted by atomic mass is 10.2. The van der Waals surface area contributed by atoms with Crippen LogP contribution in [0.25, 0.3) is 0 Å². The van der Waals surface area contributed by atoms with E-state index >= 15 is 0 Å². The third-order valence-corrected chi connectivity index (χ3v) is 2.37. The van der Waals surface area contributed by atoms with Crippen LogP contribution in [-0.2, 0) is 7.05 Å². The molecule has 7 heteroatoms. The SMILES string of the molecule is CC(CCO)NC(=O)c1cc([N+](=O)[O-])cn1C. The molecule has 1 amide bonds. The maximum absolute atomic E-state index is 11.8. The summed E-state index contributed by atoms with van der Waals surface area (Å²) in [6.07, 6.45) is 1.73. The number of amides is 1. The largest absolute Gasteiger partial charge is 0.396 e. The first kappa shape index (κ1) is 13.2. The van der Waals surface area contributed by atoms with E-state index in [0.717, 1.165) is 0 Å². The van der Waals surface area contributed by atoms with E-state index in [1.54, 1.807) is 14.0 Å². The molecule has 0 aliphatic rings. The zero-order valence-electron chi connectivity index (χ0n) is 9.71. The van der Waals surface area contributed by atoms with Gasteiger partial charge < -0.3 is 15.0 Å². The molecule has 0 aliphatic carbocycles. The van der Waals surface area contributed by atoms with Crippen LogP contribution in [0.2, 0.25) is 0 Å². The minimum Gasteiger partial charge on any atom is -0.396 e. The summed E-state index contributed by atoms with van der Waals surface area (Å²) in [5.41, 5.74) is 0.106. The highest BCUT2D eigenvalue weighted by molar-refractivity contribution is 5.93. The minimum absolute atomic E-state index is 0.0191. The van der Waals surface area contributed by atoms with Gasteiger partial charge in [0.05, 0.1) is 11.1 Å². The van der Waals surface area contributed by atoms with Crippen molar-refractivity contribution in [3.05, 3.63) is 28.1 Å². The predicted octanol–water partition coefficient (Wildman–Crippen LogP) is 0.434. The highest BCUT2D eigenvalue weighted by atomic mass is 16.6. The Bertz CT molecular complexity index is 427. The van der Waals surface area contributed by atoms with Crippen molar-refractivity contribution in [2.24, 2.45) is 7.05 Å². The summed E-state index contributed by atoms with van der Waals surface area (Å²) in [4.78, 5) is 21.7. The van der Waals surface area contributed by atoms with E-state index < -0.39 is 4.92 Å². The van der Waals surface area contributed by atoms with E-state index in [1.165, 1.54) is 16.8 Å². The van der Waals surface area contributed by atoms with Crippen LogP contribution < -0.4 is 5.32 Å². The van der Waals surface area contributed by atoms with Gasteiger partial charge in [-0.05, 0) is 13.3 Å². The molecule has 2 N–H and O–H groups in total. The lowest BCUT2D eigenvalue weighted by molar-refractivity contribution is -0.384. The van der Waals surface area contributed by atoms with Gasteiger partial charge in [0, 0.05) is 25.8 Å². The molecular formula is C10H15N3O4. The van der Waals surface area contributed by atoms with Crippen LogP contribution in [0, 0.1) is 10.1 Å². The highest BCUT2D eigenvalue weighted by Gasteiger charge is 2.18. The second-order valence-electron chi connectivity index (χ2n) is 3.84. The Labute approximate surface area is 98.2 Å². The third kappa shape index (κ3) is 3.28. The van der Waals surface area contributed by atoms with Crippen LogP contribution in [0.1, 0.15) is 23.8 Å². The first-order valence-corrected chi connectivity index (χ1v) is 5.18. The summed E-state index contributed by atoms with van der Waals surface area (Å²) < 4.78 is 1.40. The van der Waals surface area contributed by atoms with Gasteiger partial charge in [-0.25, -0.2) is 0 Å².